The molecule has 0 radical (unpaired) electrons. The number of benzene rings is 1. The highest BCUT2D eigenvalue weighted by Crippen LogP contribution is 2.24. The molecule has 150 valence electrons. The van der Waals surface area contributed by atoms with Crippen LogP contribution in [0.25, 0.3) is 5.65 Å². The van der Waals surface area contributed by atoms with Crippen LogP contribution in [0.15, 0.2) is 58.1 Å². The van der Waals surface area contributed by atoms with Gasteiger partial charge < -0.3 is 10.6 Å². The monoisotopic (exact) mass is 556 g/mol. The molecule has 0 spiro atoms. The first-order valence-corrected chi connectivity index (χ1v) is 9.86. The maximum atomic E-state index is 4.68. The van der Waals surface area contributed by atoms with Crippen LogP contribution in [0, 0.1) is 0 Å². The van der Waals surface area contributed by atoms with E-state index in [0.29, 0.717) is 6.54 Å². The van der Waals surface area contributed by atoms with Crippen LogP contribution in [0.5, 0.6) is 0 Å². The van der Waals surface area contributed by atoms with Crippen molar-refractivity contribution in [3.8, 4) is 0 Å². The van der Waals surface area contributed by atoms with Crippen LogP contribution in [-0.4, -0.2) is 33.6 Å². The molecule has 0 bridgehead atoms. The number of guanidine groups is 1. The molecular formula is C20H26BrIN6. The van der Waals surface area contributed by atoms with Gasteiger partial charge in [0.1, 0.15) is 6.54 Å². The lowest BCUT2D eigenvalue weighted by Gasteiger charge is -2.27. The van der Waals surface area contributed by atoms with Gasteiger partial charge in [-0.3, -0.25) is 4.40 Å². The third kappa shape index (κ3) is 5.66. The fourth-order valence-corrected chi connectivity index (χ4v) is 3.06. The Morgan fingerprint density at radius 3 is 2.57 bits per heavy atom. The molecule has 0 fully saturated rings. The van der Waals surface area contributed by atoms with Crippen molar-refractivity contribution in [2.75, 3.05) is 13.1 Å². The molecule has 0 aliphatic carbocycles. The highest BCUT2D eigenvalue weighted by Gasteiger charge is 2.21. The van der Waals surface area contributed by atoms with Crippen molar-refractivity contribution in [2.24, 2.45) is 4.99 Å². The highest BCUT2D eigenvalue weighted by atomic mass is 127. The summed E-state index contributed by atoms with van der Waals surface area (Å²) in [5.74, 6) is 1.59. The lowest BCUT2D eigenvalue weighted by molar-refractivity contribution is 0.508. The van der Waals surface area contributed by atoms with Crippen molar-refractivity contribution < 1.29 is 0 Å². The van der Waals surface area contributed by atoms with E-state index >= 15 is 0 Å². The second-order valence-corrected chi connectivity index (χ2v) is 7.90. The van der Waals surface area contributed by atoms with Gasteiger partial charge in [-0.2, -0.15) is 0 Å². The fourth-order valence-electron chi connectivity index (χ4n) is 2.80. The summed E-state index contributed by atoms with van der Waals surface area (Å²) >= 11 is 3.49. The molecule has 0 aliphatic rings. The molecule has 0 saturated carbocycles. The summed E-state index contributed by atoms with van der Waals surface area (Å²) in [6.45, 7) is 8.52. The van der Waals surface area contributed by atoms with Gasteiger partial charge in [-0.15, -0.1) is 34.2 Å². The number of fused-ring (bicyclic) bond motifs is 1. The van der Waals surface area contributed by atoms with Gasteiger partial charge in [0, 0.05) is 29.2 Å². The number of nitrogens with zero attached hydrogens (tertiary/aromatic N) is 4. The number of aromatic nitrogens is 3. The molecule has 0 amide bonds. The molecule has 2 aromatic heterocycles. The molecule has 3 aromatic rings. The van der Waals surface area contributed by atoms with Crippen molar-refractivity contribution in [3.63, 3.8) is 0 Å². The molecule has 2 N–H and O–H groups in total. The third-order valence-corrected chi connectivity index (χ3v) is 4.96. The highest BCUT2D eigenvalue weighted by molar-refractivity contribution is 14.0. The first-order chi connectivity index (χ1) is 13.0. The van der Waals surface area contributed by atoms with E-state index in [-0.39, 0.29) is 29.4 Å². The van der Waals surface area contributed by atoms with Crippen molar-refractivity contribution in [2.45, 2.75) is 32.7 Å². The van der Waals surface area contributed by atoms with Crippen LogP contribution in [0.1, 0.15) is 32.2 Å². The lowest BCUT2D eigenvalue weighted by Crippen LogP contribution is -2.43. The molecule has 2 heterocycles. The number of halogens is 2. The van der Waals surface area contributed by atoms with Crippen molar-refractivity contribution >= 4 is 51.5 Å². The Balaban J connectivity index is 0.00000280. The predicted molar refractivity (Wildman–Crippen MR) is 128 cm³/mol. The summed E-state index contributed by atoms with van der Waals surface area (Å²) in [5, 5.41) is 15.2. The second kappa shape index (κ2) is 10.2. The molecule has 28 heavy (non-hydrogen) atoms. The average Bonchev–Trinajstić information content (AvgIpc) is 3.08. The van der Waals surface area contributed by atoms with Gasteiger partial charge in [0.15, 0.2) is 17.4 Å². The molecule has 0 unspecified atom stereocenters. The summed E-state index contributed by atoms with van der Waals surface area (Å²) < 4.78 is 3.05. The van der Waals surface area contributed by atoms with Crippen LogP contribution in [0.4, 0.5) is 0 Å². The summed E-state index contributed by atoms with van der Waals surface area (Å²) in [5.41, 5.74) is 2.08. The second-order valence-electron chi connectivity index (χ2n) is 6.98. The maximum absolute atomic E-state index is 4.68. The Kier molecular flexibility index (Phi) is 8.23. The molecule has 8 heteroatoms. The zero-order valence-electron chi connectivity index (χ0n) is 16.3. The minimum Gasteiger partial charge on any atom is -0.357 e. The SMILES string of the molecule is CCNC(=NCc1nnc2ccccn12)NCC(C)(C)c1ccc(Br)cc1.I. The van der Waals surface area contributed by atoms with Gasteiger partial charge in [0.25, 0.3) is 0 Å². The van der Waals surface area contributed by atoms with Crippen LogP contribution in [-0.2, 0) is 12.0 Å². The quantitative estimate of drug-likeness (QED) is 0.272. The van der Waals surface area contributed by atoms with Crippen molar-refractivity contribution in [1.82, 2.24) is 25.2 Å². The summed E-state index contributed by atoms with van der Waals surface area (Å²) in [6, 6.07) is 14.3. The van der Waals surface area contributed by atoms with Gasteiger partial charge >= 0.3 is 0 Å². The fraction of sp³-hybridized carbons (Fsp3) is 0.350. The number of rotatable bonds is 6. The number of nitrogens with one attached hydrogen (secondary N) is 2. The van der Waals surface area contributed by atoms with Crippen LogP contribution >= 0.6 is 39.9 Å². The third-order valence-electron chi connectivity index (χ3n) is 4.43. The lowest BCUT2D eigenvalue weighted by atomic mass is 9.85. The van der Waals surface area contributed by atoms with Gasteiger partial charge in [-0.05, 0) is 36.8 Å². The molecule has 0 saturated heterocycles. The summed E-state index contributed by atoms with van der Waals surface area (Å²) in [7, 11) is 0. The Morgan fingerprint density at radius 2 is 1.86 bits per heavy atom. The van der Waals surface area contributed by atoms with Gasteiger partial charge in [0.05, 0.1) is 0 Å². The first-order valence-electron chi connectivity index (χ1n) is 9.06. The van der Waals surface area contributed by atoms with E-state index in [4.69, 9.17) is 0 Å². The van der Waals surface area contributed by atoms with Crippen LogP contribution in [0.3, 0.4) is 0 Å². The minimum atomic E-state index is -0.0293. The topological polar surface area (TPSA) is 66.6 Å². The Morgan fingerprint density at radius 1 is 1.11 bits per heavy atom. The number of hydrogen-bond donors (Lipinski definition) is 2. The van der Waals surface area contributed by atoms with Crippen molar-refractivity contribution in [1.29, 1.82) is 0 Å². The summed E-state index contributed by atoms with van der Waals surface area (Å²) in [6.07, 6.45) is 1.96. The van der Waals surface area contributed by atoms with Gasteiger partial charge in [-0.1, -0.05) is 48.0 Å². The number of hydrogen-bond acceptors (Lipinski definition) is 3. The standard InChI is InChI=1S/C20H25BrN6.HI/c1-4-22-19(23-13-18-26-25-17-7-5-6-12-27(17)18)24-14-20(2,3)15-8-10-16(21)11-9-15;/h5-12H,4,13-14H2,1-3H3,(H2,22,23,24);1H. The van der Waals surface area contributed by atoms with Crippen LogP contribution in [0.2, 0.25) is 0 Å². The van der Waals surface area contributed by atoms with E-state index in [9.17, 15) is 0 Å². The smallest absolute Gasteiger partial charge is 0.191 e. The Hall–Kier alpha value is -1.68. The van der Waals surface area contributed by atoms with Crippen LogP contribution < -0.4 is 10.6 Å². The number of aliphatic imine (C=N–C) groups is 1. The van der Waals surface area contributed by atoms with Crippen molar-refractivity contribution in [3.05, 3.63) is 64.5 Å². The maximum Gasteiger partial charge on any atom is 0.191 e. The van der Waals surface area contributed by atoms with E-state index < -0.39 is 0 Å². The normalized spacial score (nSPS) is 11.9. The molecule has 3 rings (SSSR count). The molecular weight excluding hydrogens is 531 g/mol. The van der Waals surface area contributed by atoms with E-state index in [0.717, 1.165) is 35.0 Å². The number of pyridine rings is 1. The van der Waals surface area contributed by atoms with E-state index in [1.807, 2.05) is 28.8 Å². The Labute approximate surface area is 191 Å². The molecule has 0 aliphatic heterocycles. The molecule has 1 aromatic carbocycles. The van der Waals surface area contributed by atoms with Gasteiger partial charge in [0.2, 0.25) is 0 Å². The Bertz CT molecular complexity index is 920. The summed E-state index contributed by atoms with van der Waals surface area (Å²) in [4.78, 5) is 4.68. The van der Waals surface area contributed by atoms with E-state index in [1.165, 1.54) is 5.56 Å². The largest absolute Gasteiger partial charge is 0.357 e. The van der Waals surface area contributed by atoms with E-state index in [1.54, 1.807) is 0 Å². The molecule has 0 atom stereocenters. The zero-order chi connectivity index (χ0) is 19.3. The average molecular weight is 557 g/mol. The molecule has 6 nitrogen and oxygen atoms in total. The first kappa shape index (κ1) is 22.6. The van der Waals surface area contributed by atoms with E-state index in [2.05, 4.69) is 86.8 Å². The minimum absolute atomic E-state index is 0. The predicted octanol–water partition coefficient (Wildman–Crippen LogP) is 4.14. The van der Waals surface area contributed by atoms with Gasteiger partial charge in [-0.25, -0.2) is 4.99 Å². The zero-order valence-corrected chi connectivity index (χ0v) is 20.2.